The van der Waals surface area contributed by atoms with E-state index in [1.807, 2.05) is 30.6 Å². The average Bonchev–Trinajstić information content (AvgIpc) is 3.60. The van der Waals surface area contributed by atoms with E-state index in [0.717, 1.165) is 22.6 Å². The fourth-order valence-electron chi connectivity index (χ4n) is 7.37. The number of nitrogens with zero attached hydrogens (tertiary/aromatic N) is 3. The van der Waals surface area contributed by atoms with E-state index in [-0.39, 0.29) is 0 Å². The number of aromatic nitrogens is 3. The van der Waals surface area contributed by atoms with Gasteiger partial charge >= 0.3 is 0 Å². The molecule has 206 valence electrons. The van der Waals surface area contributed by atoms with Crippen LogP contribution in [0.1, 0.15) is 22.4 Å². The second kappa shape index (κ2) is 9.62. The lowest BCUT2D eigenvalue weighted by Crippen LogP contribution is -2.29. The second-order valence-electron chi connectivity index (χ2n) is 11.4. The first-order valence-electron chi connectivity index (χ1n) is 15.0. The van der Waals surface area contributed by atoms with E-state index < -0.39 is 5.41 Å². The fraction of sp³-hybridized carbons (Fsp3) is 0.0244. The molecule has 0 saturated heterocycles. The average molecular weight is 562 g/mol. The van der Waals surface area contributed by atoms with Gasteiger partial charge in [-0.15, -0.1) is 0 Å². The minimum absolute atomic E-state index is 0.556. The third kappa shape index (κ3) is 3.44. The Morgan fingerprint density at radius 3 is 1.91 bits per heavy atom. The molecule has 0 radical (unpaired) electrons. The molecule has 0 bridgehead atoms. The van der Waals surface area contributed by atoms with Crippen molar-refractivity contribution in [2.75, 3.05) is 0 Å². The Morgan fingerprint density at radius 2 is 1.16 bits per heavy atom. The van der Waals surface area contributed by atoms with Crippen molar-refractivity contribution in [3.63, 3.8) is 0 Å². The molecular formula is C41H27N3. The van der Waals surface area contributed by atoms with Crippen molar-refractivity contribution in [2.45, 2.75) is 5.41 Å². The smallest absolute Gasteiger partial charge is 0.0886 e. The number of benzene rings is 5. The van der Waals surface area contributed by atoms with Gasteiger partial charge in [0.05, 0.1) is 27.8 Å². The van der Waals surface area contributed by atoms with E-state index >= 15 is 0 Å². The third-order valence-corrected chi connectivity index (χ3v) is 9.17. The van der Waals surface area contributed by atoms with Crippen LogP contribution in [0.25, 0.3) is 49.9 Å². The molecule has 9 rings (SSSR count). The maximum atomic E-state index is 5.04. The Hall–Kier alpha value is -5.80. The predicted octanol–water partition coefficient (Wildman–Crippen LogP) is 9.60. The predicted molar refractivity (Wildman–Crippen MR) is 179 cm³/mol. The molecule has 0 spiro atoms. The molecule has 0 unspecified atom stereocenters. The summed E-state index contributed by atoms with van der Waals surface area (Å²) in [5.41, 5.74) is 12.2. The van der Waals surface area contributed by atoms with E-state index in [2.05, 4.69) is 143 Å². The zero-order chi connectivity index (χ0) is 29.1. The van der Waals surface area contributed by atoms with Crippen LogP contribution in [0.4, 0.5) is 0 Å². The number of para-hydroxylation sites is 1. The lowest BCUT2D eigenvalue weighted by Gasteiger charge is -2.32. The van der Waals surface area contributed by atoms with Gasteiger partial charge in [0.15, 0.2) is 0 Å². The zero-order valence-electron chi connectivity index (χ0n) is 23.9. The van der Waals surface area contributed by atoms with E-state index in [1.54, 1.807) is 0 Å². The summed E-state index contributed by atoms with van der Waals surface area (Å²) in [5, 5.41) is 2.46. The van der Waals surface area contributed by atoms with Gasteiger partial charge in [-0.3, -0.25) is 9.97 Å². The summed E-state index contributed by atoms with van der Waals surface area (Å²) >= 11 is 0. The Kier molecular flexibility index (Phi) is 5.41. The minimum Gasteiger partial charge on any atom is -0.309 e. The highest BCUT2D eigenvalue weighted by molar-refractivity contribution is 6.09. The van der Waals surface area contributed by atoms with Gasteiger partial charge in [-0.1, -0.05) is 103 Å². The normalized spacial score (nSPS) is 13.2. The lowest BCUT2D eigenvalue weighted by molar-refractivity contribution is 0.735. The van der Waals surface area contributed by atoms with Crippen LogP contribution >= 0.6 is 0 Å². The molecule has 0 atom stereocenters. The standard InChI is InChI=1S/C41H27N3/c1-4-17-35-31(14-1)32-15-2-5-18-36(32)41(35,40-21-8-10-25-43-40)29-22-23-34-33-16-3-6-20-38(33)44(39(34)27-29)30-13-11-12-28(26-30)37-19-7-9-24-42-37/h1-27H. The van der Waals surface area contributed by atoms with Crippen molar-refractivity contribution in [1.29, 1.82) is 0 Å². The van der Waals surface area contributed by atoms with Gasteiger partial charge in [0.25, 0.3) is 0 Å². The lowest BCUT2D eigenvalue weighted by atomic mass is 9.69. The van der Waals surface area contributed by atoms with Crippen LogP contribution in [0.15, 0.2) is 164 Å². The van der Waals surface area contributed by atoms with Crippen LogP contribution in [-0.2, 0) is 5.41 Å². The number of pyridine rings is 2. The van der Waals surface area contributed by atoms with Crippen molar-refractivity contribution >= 4 is 21.8 Å². The molecule has 1 aliphatic carbocycles. The summed E-state index contributed by atoms with van der Waals surface area (Å²) < 4.78 is 2.40. The highest BCUT2D eigenvalue weighted by atomic mass is 15.0. The molecule has 0 fully saturated rings. The molecule has 0 N–H and O–H groups in total. The molecule has 0 amide bonds. The number of rotatable bonds is 4. The summed E-state index contributed by atoms with van der Waals surface area (Å²) in [4.78, 5) is 9.67. The molecule has 8 aromatic rings. The van der Waals surface area contributed by atoms with Crippen molar-refractivity contribution in [2.24, 2.45) is 0 Å². The van der Waals surface area contributed by atoms with E-state index in [0.29, 0.717) is 0 Å². The number of hydrogen-bond donors (Lipinski definition) is 0. The fourth-order valence-corrected chi connectivity index (χ4v) is 7.37. The summed E-state index contributed by atoms with van der Waals surface area (Å²) in [5.74, 6) is 0. The molecule has 0 aliphatic heterocycles. The SMILES string of the molecule is c1ccc(-c2cccc(-n3c4ccccc4c4ccc(C5(c6ccccn6)c6ccccc6-c6ccccc65)cc43)c2)nc1. The van der Waals surface area contributed by atoms with E-state index in [1.165, 1.54) is 49.6 Å². The van der Waals surface area contributed by atoms with Crippen molar-refractivity contribution in [1.82, 2.24) is 14.5 Å². The van der Waals surface area contributed by atoms with Gasteiger partial charge in [0, 0.05) is 34.4 Å². The molecule has 1 aliphatic rings. The van der Waals surface area contributed by atoms with Crippen molar-refractivity contribution < 1.29 is 0 Å². The van der Waals surface area contributed by atoms with Crippen molar-refractivity contribution in [3.05, 3.63) is 186 Å². The molecular weight excluding hydrogens is 534 g/mol. The second-order valence-corrected chi connectivity index (χ2v) is 11.4. The van der Waals surface area contributed by atoms with Gasteiger partial charge in [0.2, 0.25) is 0 Å². The topological polar surface area (TPSA) is 30.7 Å². The molecule has 0 saturated carbocycles. The zero-order valence-corrected chi connectivity index (χ0v) is 23.9. The van der Waals surface area contributed by atoms with Crippen LogP contribution in [0.2, 0.25) is 0 Å². The molecule has 3 nitrogen and oxygen atoms in total. The van der Waals surface area contributed by atoms with E-state index in [9.17, 15) is 0 Å². The molecule has 44 heavy (non-hydrogen) atoms. The minimum atomic E-state index is -0.556. The Labute approximate surface area is 255 Å². The van der Waals surface area contributed by atoms with Crippen LogP contribution in [-0.4, -0.2) is 14.5 Å². The summed E-state index contributed by atoms with van der Waals surface area (Å²) in [6.07, 6.45) is 3.77. The van der Waals surface area contributed by atoms with Crippen molar-refractivity contribution in [3.8, 4) is 28.1 Å². The Morgan fingerprint density at radius 1 is 0.477 bits per heavy atom. The molecule has 3 heterocycles. The van der Waals surface area contributed by atoms with Crippen LogP contribution in [0, 0.1) is 0 Å². The highest BCUT2D eigenvalue weighted by Crippen LogP contribution is 2.56. The van der Waals surface area contributed by atoms with Gasteiger partial charge in [-0.25, -0.2) is 0 Å². The summed E-state index contributed by atoms with van der Waals surface area (Å²) in [6.45, 7) is 0. The highest BCUT2D eigenvalue weighted by Gasteiger charge is 2.47. The molecule has 5 aromatic carbocycles. The molecule has 3 heteroatoms. The van der Waals surface area contributed by atoms with Crippen LogP contribution in [0.3, 0.4) is 0 Å². The maximum absolute atomic E-state index is 5.04. The third-order valence-electron chi connectivity index (χ3n) is 9.17. The Balaban J connectivity index is 1.38. The van der Waals surface area contributed by atoms with Crippen LogP contribution in [0.5, 0.6) is 0 Å². The molecule has 3 aromatic heterocycles. The van der Waals surface area contributed by atoms with Gasteiger partial charge in [-0.2, -0.15) is 0 Å². The van der Waals surface area contributed by atoms with Crippen LogP contribution < -0.4 is 0 Å². The summed E-state index contributed by atoms with van der Waals surface area (Å²) in [7, 11) is 0. The number of hydrogen-bond acceptors (Lipinski definition) is 2. The largest absolute Gasteiger partial charge is 0.309 e. The van der Waals surface area contributed by atoms with Gasteiger partial charge in [-0.05, 0) is 76.3 Å². The van der Waals surface area contributed by atoms with Gasteiger partial charge < -0.3 is 4.57 Å². The first kappa shape index (κ1) is 24.8. The Bertz CT molecular complexity index is 2290. The quantitative estimate of drug-likeness (QED) is 0.214. The summed E-state index contributed by atoms with van der Waals surface area (Å²) in [6, 6.07) is 54.4. The van der Waals surface area contributed by atoms with Gasteiger partial charge in [0.1, 0.15) is 0 Å². The monoisotopic (exact) mass is 561 g/mol. The number of fused-ring (bicyclic) bond motifs is 6. The maximum Gasteiger partial charge on any atom is 0.0886 e. The first-order chi connectivity index (χ1) is 21.8. The first-order valence-corrected chi connectivity index (χ1v) is 15.0. The van der Waals surface area contributed by atoms with E-state index in [4.69, 9.17) is 4.98 Å².